The molecule has 6 heteroatoms. The first kappa shape index (κ1) is 25.7. The molecule has 0 heterocycles. The average molecular weight is 430 g/mol. The summed E-state index contributed by atoms with van der Waals surface area (Å²) in [6.07, 6.45) is 8.76. The van der Waals surface area contributed by atoms with Gasteiger partial charge in [-0.15, -0.1) is 0 Å². The van der Waals surface area contributed by atoms with Gasteiger partial charge in [-0.3, -0.25) is 9.29 Å². The lowest BCUT2D eigenvalue weighted by Gasteiger charge is -2.27. The Balaban J connectivity index is 2.78. The van der Waals surface area contributed by atoms with Gasteiger partial charge in [-0.25, -0.2) is 0 Å². The second-order valence-corrected chi connectivity index (χ2v) is 10.1. The highest BCUT2D eigenvalue weighted by atomic mass is 32.2. The summed E-state index contributed by atoms with van der Waals surface area (Å²) in [5.74, 6) is 0.729. The van der Waals surface area contributed by atoms with Crippen molar-refractivity contribution in [3.8, 4) is 0 Å². The van der Waals surface area contributed by atoms with Crippen LogP contribution in [0, 0.1) is 5.92 Å². The molecular formula is C22H40NO3PS. The fourth-order valence-corrected chi connectivity index (χ4v) is 5.89. The van der Waals surface area contributed by atoms with E-state index >= 15 is 0 Å². The van der Waals surface area contributed by atoms with Crippen LogP contribution >= 0.6 is 19.5 Å². The van der Waals surface area contributed by atoms with Crippen LogP contribution in [0.25, 0.3) is 0 Å². The average Bonchev–Trinajstić information content (AvgIpc) is 2.69. The minimum absolute atomic E-state index is 0.366. The van der Waals surface area contributed by atoms with Crippen LogP contribution < -0.4 is 10.0 Å². The van der Waals surface area contributed by atoms with E-state index in [1.807, 2.05) is 38.1 Å². The van der Waals surface area contributed by atoms with Gasteiger partial charge in [0, 0.05) is 10.9 Å². The third-order valence-corrected chi connectivity index (χ3v) is 7.89. The first-order valence-corrected chi connectivity index (χ1v) is 13.3. The molecule has 0 radical (unpaired) electrons. The van der Waals surface area contributed by atoms with E-state index in [2.05, 4.69) is 25.5 Å². The van der Waals surface area contributed by atoms with Crippen LogP contribution in [0.15, 0.2) is 29.2 Å². The second kappa shape index (κ2) is 14.6. The molecule has 0 fully saturated rings. The van der Waals surface area contributed by atoms with Crippen molar-refractivity contribution in [1.82, 2.24) is 4.72 Å². The number of nitrogens with one attached hydrogen (secondary N) is 1. The maximum atomic E-state index is 12.9. The van der Waals surface area contributed by atoms with Gasteiger partial charge < -0.3 is 9.05 Å². The van der Waals surface area contributed by atoms with E-state index in [1.54, 1.807) is 11.9 Å². The standard InChI is InChI=1S/C22H40NO3PS/c1-6-11-14-19(12-7-2)22(13-8-3)23-28-21-17-15-20(16-18-21)27(24,25-9-4)26-10-5/h15-19,22-23H,6-14H2,1-5H3. The minimum atomic E-state index is -3.21. The Labute approximate surface area is 177 Å². The van der Waals surface area contributed by atoms with Gasteiger partial charge in [0.25, 0.3) is 0 Å². The summed E-state index contributed by atoms with van der Waals surface area (Å²) in [5, 5.41) is 0.623. The van der Waals surface area contributed by atoms with Crippen LogP contribution in [0.3, 0.4) is 0 Å². The van der Waals surface area contributed by atoms with Crippen molar-refractivity contribution >= 4 is 24.8 Å². The van der Waals surface area contributed by atoms with E-state index in [0.29, 0.717) is 24.6 Å². The SMILES string of the molecule is CCCCC(CCC)C(CCC)NSc1ccc(P(=O)(OCC)OCC)cc1. The van der Waals surface area contributed by atoms with Gasteiger partial charge in [0.2, 0.25) is 0 Å². The number of rotatable bonds is 16. The van der Waals surface area contributed by atoms with E-state index in [-0.39, 0.29) is 0 Å². The minimum Gasteiger partial charge on any atom is -0.305 e. The molecule has 0 aliphatic heterocycles. The number of hydrogen-bond donors (Lipinski definition) is 1. The molecule has 0 amide bonds. The van der Waals surface area contributed by atoms with Gasteiger partial charge in [0.15, 0.2) is 0 Å². The van der Waals surface area contributed by atoms with Crippen molar-refractivity contribution in [3.05, 3.63) is 24.3 Å². The molecule has 1 aromatic rings. The lowest BCUT2D eigenvalue weighted by Crippen LogP contribution is -2.32. The van der Waals surface area contributed by atoms with Gasteiger partial charge in [-0.2, -0.15) is 0 Å². The van der Waals surface area contributed by atoms with E-state index in [9.17, 15) is 4.57 Å². The van der Waals surface area contributed by atoms with Crippen molar-refractivity contribution in [1.29, 1.82) is 0 Å². The smallest absolute Gasteiger partial charge is 0.305 e. The van der Waals surface area contributed by atoms with E-state index in [0.717, 1.165) is 10.8 Å². The third-order valence-electron chi connectivity index (χ3n) is 4.84. The van der Waals surface area contributed by atoms with Crippen molar-refractivity contribution in [2.24, 2.45) is 5.92 Å². The molecule has 162 valence electrons. The number of hydrogen-bond acceptors (Lipinski definition) is 5. The Morgan fingerprint density at radius 3 is 2.00 bits per heavy atom. The first-order valence-electron chi connectivity index (χ1n) is 11.0. The van der Waals surface area contributed by atoms with Gasteiger partial charge >= 0.3 is 7.60 Å². The highest BCUT2D eigenvalue weighted by Gasteiger charge is 2.26. The molecule has 1 rings (SSSR count). The van der Waals surface area contributed by atoms with Crippen molar-refractivity contribution in [2.75, 3.05) is 13.2 Å². The van der Waals surface area contributed by atoms with E-state index in [1.165, 1.54) is 44.9 Å². The van der Waals surface area contributed by atoms with Gasteiger partial charge in [0.05, 0.1) is 18.5 Å². The zero-order valence-electron chi connectivity index (χ0n) is 18.4. The van der Waals surface area contributed by atoms with Crippen LogP contribution in [0.4, 0.5) is 0 Å². The monoisotopic (exact) mass is 429 g/mol. The number of benzene rings is 1. The molecule has 4 nitrogen and oxygen atoms in total. The molecule has 0 aliphatic rings. The summed E-state index contributed by atoms with van der Waals surface area (Å²) >= 11 is 1.68. The van der Waals surface area contributed by atoms with Gasteiger partial charge in [-0.1, -0.05) is 46.5 Å². The molecule has 0 saturated heterocycles. The molecule has 2 atom stereocenters. The topological polar surface area (TPSA) is 47.6 Å². The van der Waals surface area contributed by atoms with E-state index < -0.39 is 7.60 Å². The third kappa shape index (κ3) is 8.59. The summed E-state index contributed by atoms with van der Waals surface area (Å²) in [6, 6.07) is 8.26. The largest absolute Gasteiger partial charge is 0.361 e. The molecule has 0 spiro atoms. The molecular weight excluding hydrogens is 389 g/mol. The Bertz CT molecular complexity index is 557. The summed E-state index contributed by atoms with van der Waals surface area (Å²) in [6.45, 7) is 11.2. The first-order chi connectivity index (χ1) is 13.5. The molecule has 1 aromatic carbocycles. The molecule has 0 aliphatic carbocycles. The van der Waals surface area contributed by atoms with Crippen molar-refractivity contribution < 1.29 is 13.6 Å². The van der Waals surface area contributed by atoms with Crippen LogP contribution in [-0.2, 0) is 13.6 Å². The molecule has 0 saturated carbocycles. The van der Waals surface area contributed by atoms with Crippen LogP contribution in [0.5, 0.6) is 0 Å². The predicted molar refractivity (Wildman–Crippen MR) is 123 cm³/mol. The Hall–Kier alpha value is -0.320. The predicted octanol–water partition coefficient (Wildman–Crippen LogP) is 6.95. The Kier molecular flexibility index (Phi) is 13.4. The molecule has 28 heavy (non-hydrogen) atoms. The highest BCUT2D eigenvalue weighted by molar-refractivity contribution is 7.97. The Morgan fingerprint density at radius 2 is 1.50 bits per heavy atom. The maximum absolute atomic E-state index is 12.9. The lowest BCUT2D eigenvalue weighted by atomic mass is 9.88. The van der Waals surface area contributed by atoms with E-state index in [4.69, 9.17) is 9.05 Å². The van der Waals surface area contributed by atoms with Gasteiger partial charge in [-0.05, 0) is 75.2 Å². The fourth-order valence-electron chi connectivity index (χ4n) is 3.45. The Morgan fingerprint density at radius 1 is 0.893 bits per heavy atom. The summed E-state index contributed by atoms with van der Waals surface area (Å²) in [5.41, 5.74) is 0. The normalized spacial score (nSPS) is 14.2. The maximum Gasteiger partial charge on any atom is 0.361 e. The van der Waals surface area contributed by atoms with Crippen molar-refractivity contribution in [3.63, 3.8) is 0 Å². The van der Waals surface area contributed by atoms with Crippen LogP contribution in [0.1, 0.15) is 79.6 Å². The summed E-state index contributed by atoms with van der Waals surface area (Å²) < 4.78 is 27.5. The van der Waals surface area contributed by atoms with Crippen LogP contribution in [0.2, 0.25) is 0 Å². The van der Waals surface area contributed by atoms with Gasteiger partial charge in [0.1, 0.15) is 0 Å². The molecule has 1 N–H and O–H groups in total. The zero-order chi connectivity index (χ0) is 20.8. The lowest BCUT2D eigenvalue weighted by molar-refractivity contribution is 0.230. The molecule has 0 aromatic heterocycles. The second-order valence-electron chi connectivity index (χ2n) is 7.13. The quantitative estimate of drug-likeness (QED) is 0.228. The molecule has 0 bridgehead atoms. The van der Waals surface area contributed by atoms with Crippen LogP contribution in [-0.4, -0.2) is 19.3 Å². The summed E-state index contributed by atoms with van der Waals surface area (Å²) in [4.78, 5) is 1.12. The van der Waals surface area contributed by atoms with Crippen molar-refractivity contribution in [2.45, 2.75) is 90.5 Å². The fraction of sp³-hybridized carbons (Fsp3) is 0.727. The molecule has 2 unspecified atom stereocenters. The summed E-state index contributed by atoms with van der Waals surface area (Å²) in [7, 11) is -3.21. The number of unbranched alkanes of at least 4 members (excludes halogenated alkanes) is 1. The highest BCUT2D eigenvalue weighted by Crippen LogP contribution is 2.46. The zero-order valence-corrected chi connectivity index (χ0v) is 20.1.